The van der Waals surface area contributed by atoms with E-state index < -0.39 is 5.92 Å². The molecule has 4 nitrogen and oxygen atoms in total. The number of rotatable bonds is 6. The quantitative estimate of drug-likeness (QED) is 0.548. The summed E-state index contributed by atoms with van der Waals surface area (Å²) in [6, 6.07) is 16.4. The van der Waals surface area contributed by atoms with Crippen LogP contribution in [0.4, 0.5) is 0 Å². The maximum Gasteiger partial charge on any atom is 0.173 e. The van der Waals surface area contributed by atoms with Gasteiger partial charge < -0.3 is 5.32 Å². The van der Waals surface area contributed by atoms with Crippen molar-refractivity contribution >= 4 is 46.5 Å². The van der Waals surface area contributed by atoms with Crippen molar-refractivity contribution < 1.29 is 9.59 Å². The summed E-state index contributed by atoms with van der Waals surface area (Å²) < 4.78 is 0. The number of nitrogens with zero attached hydrogens (tertiary/aromatic N) is 1. The molecule has 30 heavy (non-hydrogen) atoms. The third-order valence-electron chi connectivity index (χ3n) is 4.75. The molecule has 1 aliphatic heterocycles. The summed E-state index contributed by atoms with van der Waals surface area (Å²) in [6.45, 7) is 3.31. The number of hydrogen-bond acceptors (Lipinski definition) is 5. The Hall–Kier alpha value is -2.52. The fourth-order valence-electron chi connectivity index (χ4n) is 3.36. The van der Waals surface area contributed by atoms with E-state index in [4.69, 9.17) is 23.2 Å². The second kappa shape index (κ2) is 9.53. The Morgan fingerprint density at radius 3 is 2.43 bits per heavy atom. The van der Waals surface area contributed by atoms with E-state index in [0.29, 0.717) is 37.5 Å². The van der Waals surface area contributed by atoms with Gasteiger partial charge in [0.1, 0.15) is 0 Å². The van der Waals surface area contributed by atoms with Gasteiger partial charge in [-0.1, -0.05) is 65.3 Å². The molecule has 0 aliphatic carbocycles. The van der Waals surface area contributed by atoms with E-state index in [1.807, 2.05) is 37.3 Å². The molecule has 2 aromatic carbocycles. The zero-order valence-electron chi connectivity index (χ0n) is 16.3. The van der Waals surface area contributed by atoms with Gasteiger partial charge in [0.25, 0.3) is 0 Å². The predicted molar refractivity (Wildman–Crippen MR) is 122 cm³/mol. The zero-order chi connectivity index (χ0) is 21.8. The van der Waals surface area contributed by atoms with E-state index in [9.17, 15) is 14.9 Å². The molecule has 2 aromatic rings. The van der Waals surface area contributed by atoms with Gasteiger partial charge in [-0.25, -0.2) is 0 Å². The van der Waals surface area contributed by atoms with Crippen LogP contribution in [0.5, 0.6) is 0 Å². The first-order chi connectivity index (χ1) is 14.3. The zero-order valence-corrected chi connectivity index (χ0v) is 18.7. The highest BCUT2D eigenvalue weighted by Crippen LogP contribution is 2.40. The van der Waals surface area contributed by atoms with Crippen molar-refractivity contribution in [3.8, 4) is 6.07 Å². The summed E-state index contributed by atoms with van der Waals surface area (Å²) in [4.78, 5) is 25.0. The van der Waals surface area contributed by atoms with Crippen LogP contribution in [0.1, 0.15) is 35.7 Å². The lowest BCUT2D eigenvalue weighted by molar-refractivity contribution is -0.113. The van der Waals surface area contributed by atoms with Gasteiger partial charge in [-0.3, -0.25) is 9.59 Å². The minimum Gasteiger partial charge on any atom is -0.353 e. The lowest BCUT2D eigenvalue weighted by Gasteiger charge is -2.29. The first-order valence-corrected chi connectivity index (χ1v) is 10.9. The molecule has 0 spiro atoms. The Morgan fingerprint density at radius 2 is 1.83 bits per heavy atom. The van der Waals surface area contributed by atoms with Crippen LogP contribution < -0.4 is 5.32 Å². The van der Waals surface area contributed by atoms with Crippen LogP contribution in [0.15, 0.2) is 70.4 Å². The molecule has 0 radical (unpaired) electrons. The summed E-state index contributed by atoms with van der Waals surface area (Å²) in [5.41, 5.74) is 2.96. The van der Waals surface area contributed by atoms with Gasteiger partial charge in [0.15, 0.2) is 11.6 Å². The Labute approximate surface area is 189 Å². The van der Waals surface area contributed by atoms with Gasteiger partial charge >= 0.3 is 0 Å². The number of carbonyl (C=O) groups is 2. The van der Waals surface area contributed by atoms with Crippen LogP contribution in [0.3, 0.4) is 0 Å². The van der Waals surface area contributed by atoms with Crippen molar-refractivity contribution in [3.63, 3.8) is 0 Å². The molecule has 152 valence electrons. The van der Waals surface area contributed by atoms with Gasteiger partial charge in [-0.2, -0.15) is 5.26 Å². The van der Waals surface area contributed by atoms with Gasteiger partial charge in [-0.05, 0) is 37.6 Å². The summed E-state index contributed by atoms with van der Waals surface area (Å²) in [5.74, 6) is -0.606. The molecule has 0 saturated heterocycles. The van der Waals surface area contributed by atoms with Gasteiger partial charge in [0.05, 0.1) is 38.4 Å². The van der Waals surface area contributed by atoms with Crippen LogP contribution in [-0.2, 0) is 4.79 Å². The number of dihydropyridines is 1. The minimum atomic E-state index is -0.475. The SMILES string of the molecule is CC(=O)C1=C(C)NC(SCC(=O)c2ccc(Cl)c(Cl)c2)=C(C#N)C1c1ccccc1. The minimum absolute atomic E-state index is 0.0995. The predicted octanol–water partition coefficient (Wildman–Crippen LogP) is 5.89. The van der Waals surface area contributed by atoms with Crippen molar-refractivity contribution in [2.45, 2.75) is 19.8 Å². The topological polar surface area (TPSA) is 70.0 Å². The number of hydrogen-bond donors (Lipinski definition) is 1. The van der Waals surface area contributed by atoms with Crippen LogP contribution >= 0.6 is 35.0 Å². The third-order valence-corrected chi connectivity index (χ3v) is 6.51. The number of halogens is 2. The number of ketones is 2. The van der Waals surface area contributed by atoms with Gasteiger partial charge in [-0.15, -0.1) is 0 Å². The molecule has 1 atom stereocenters. The Kier molecular flexibility index (Phi) is 7.04. The smallest absolute Gasteiger partial charge is 0.173 e. The van der Waals surface area contributed by atoms with Crippen molar-refractivity contribution in [2.24, 2.45) is 0 Å². The van der Waals surface area contributed by atoms with Crippen molar-refractivity contribution in [2.75, 3.05) is 5.75 Å². The number of nitrogens with one attached hydrogen (secondary N) is 1. The fraction of sp³-hybridized carbons (Fsp3) is 0.174. The monoisotopic (exact) mass is 456 g/mol. The molecule has 0 fully saturated rings. The number of Topliss-reactive ketones (excluding diaryl/α,β-unsaturated/α-hetero) is 2. The summed E-state index contributed by atoms with van der Waals surface area (Å²) >= 11 is 13.2. The van der Waals surface area contributed by atoms with E-state index >= 15 is 0 Å². The van der Waals surface area contributed by atoms with E-state index in [2.05, 4.69) is 11.4 Å². The molecule has 3 rings (SSSR count). The van der Waals surface area contributed by atoms with Crippen LogP contribution in [0.2, 0.25) is 10.0 Å². The first-order valence-electron chi connectivity index (χ1n) is 9.12. The number of benzene rings is 2. The summed E-state index contributed by atoms with van der Waals surface area (Å²) in [5, 5.41) is 14.3. The van der Waals surface area contributed by atoms with Crippen LogP contribution in [-0.4, -0.2) is 17.3 Å². The van der Waals surface area contributed by atoms with Crippen molar-refractivity contribution in [3.05, 3.63) is 91.6 Å². The number of allylic oxidation sites excluding steroid dienone is 3. The average Bonchev–Trinajstić information content (AvgIpc) is 2.73. The van der Waals surface area contributed by atoms with E-state index in [1.54, 1.807) is 12.1 Å². The normalized spacial score (nSPS) is 16.2. The summed E-state index contributed by atoms with van der Waals surface area (Å²) in [7, 11) is 0. The maximum atomic E-state index is 12.6. The number of thioether (sulfide) groups is 1. The van der Waals surface area contributed by atoms with E-state index in [-0.39, 0.29) is 17.3 Å². The Morgan fingerprint density at radius 1 is 1.13 bits per heavy atom. The van der Waals surface area contributed by atoms with Gasteiger partial charge in [0.2, 0.25) is 0 Å². The third kappa shape index (κ3) is 4.62. The van der Waals surface area contributed by atoms with E-state index in [1.165, 1.54) is 24.8 Å². The van der Waals surface area contributed by atoms with Gasteiger partial charge in [0, 0.05) is 16.8 Å². The molecule has 0 bridgehead atoms. The molecule has 0 aromatic heterocycles. The van der Waals surface area contributed by atoms with E-state index in [0.717, 1.165) is 5.56 Å². The number of carbonyl (C=O) groups excluding carboxylic acids is 2. The van der Waals surface area contributed by atoms with Crippen LogP contribution in [0.25, 0.3) is 0 Å². The largest absolute Gasteiger partial charge is 0.353 e. The Bertz CT molecular complexity index is 1120. The second-order valence-corrected chi connectivity index (χ2v) is 8.56. The van der Waals surface area contributed by atoms with Crippen LogP contribution in [0, 0.1) is 11.3 Å². The molecule has 1 N–H and O–H groups in total. The average molecular weight is 457 g/mol. The molecular formula is C23H18Cl2N2O2S. The van der Waals surface area contributed by atoms with Crippen molar-refractivity contribution in [1.29, 1.82) is 5.26 Å². The second-order valence-electron chi connectivity index (χ2n) is 6.76. The standard InChI is InChI=1S/C23H18Cl2N2O2S/c1-13-21(14(2)28)22(15-6-4-3-5-7-15)17(11-26)23(27-13)30-12-20(29)16-8-9-18(24)19(25)10-16/h3-10,22,27H,12H2,1-2H3. The molecule has 0 amide bonds. The fourth-order valence-corrected chi connectivity index (χ4v) is 4.65. The highest BCUT2D eigenvalue weighted by molar-refractivity contribution is 8.03. The summed E-state index contributed by atoms with van der Waals surface area (Å²) in [6.07, 6.45) is 0. The lowest BCUT2D eigenvalue weighted by Crippen LogP contribution is -2.27. The highest BCUT2D eigenvalue weighted by atomic mass is 35.5. The molecule has 1 heterocycles. The van der Waals surface area contributed by atoms with Crippen molar-refractivity contribution in [1.82, 2.24) is 5.32 Å². The molecule has 0 saturated carbocycles. The number of nitriles is 1. The first kappa shape index (κ1) is 22.2. The lowest BCUT2D eigenvalue weighted by atomic mass is 9.81. The molecule has 7 heteroatoms. The molecule has 1 aliphatic rings. The highest BCUT2D eigenvalue weighted by Gasteiger charge is 2.33. The Balaban J connectivity index is 1.93. The molecule has 1 unspecified atom stereocenters. The molecular weight excluding hydrogens is 439 g/mol. The maximum absolute atomic E-state index is 12.6.